The second kappa shape index (κ2) is 7.36. The summed E-state index contributed by atoms with van der Waals surface area (Å²) < 4.78 is 18.4. The molecule has 1 amide bonds. The van der Waals surface area contributed by atoms with Crippen LogP contribution >= 0.6 is 0 Å². The molecule has 2 rings (SSSR count). The number of amides is 1. The zero-order chi connectivity index (χ0) is 15.9. The van der Waals surface area contributed by atoms with Crippen LogP contribution in [0.5, 0.6) is 5.75 Å². The number of carbonyl (C=O) groups is 1. The van der Waals surface area contributed by atoms with Crippen LogP contribution in [0.25, 0.3) is 0 Å². The van der Waals surface area contributed by atoms with E-state index in [-0.39, 0.29) is 12.4 Å². The molecule has 5 heteroatoms. The van der Waals surface area contributed by atoms with Crippen LogP contribution in [0.1, 0.15) is 16.7 Å². The zero-order valence-corrected chi connectivity index (χ0v) is 12.5. The van der Waals surface area contributed by atoms with E-state index in [0.717, 1.165) is 16.7 Å². The van der Waals surface area contributed by atoms with E-state index in [1.54, 1.807) is 18.3 Å². The third-order valence-electron chi connectivity index (χ3n) is 3.02. The first-order valence-electron chi connectivity index (χ1n) is 6.83. The molecule has 2 aromatic carbocycles. The lowest BCUT2D eigenvalue weighted by Crippen LogP contribution is -2.24. The monoisotopic (exact) mass is 300 g/mol. The average Bonchev–Trinajstić information content (AvgIpc) is 2.50. The van der Waals surface area contributed by atoms with Gasteiger partial charge in [-0.1, -0.05) is 35.9 Å². The minimum absolute atomic E-state index is 0.0381. The molecule has 114 valence electrons. The number of ether oxygens (including phenoxy) is 1. The molecule has 0 saturated carbocycles. The van der Waals surface area contributed by atoms with Crippen LogP contribution in [0.15, 0.2) is 47.6 Å². The summed E-state index contributed by atoms with van der Waals surface area (Å²) in [5.74, 6) is -0.921. The molecule has 0 heterocycles. The van der Waals surface area contributed by atoms with Gasteiger partial charge in [-0.2, -0.15) is 5.10 Å². The predicted octanol–water partition coefficient (Wildman–Crippen LogP) is 2.97. The van der Waals surface area contributed by atoms with Gasteiger partial charge in [0.15, 0.2) is 18.2 Å². The number of nitrogens with one attached hydrogen (secondary N) is 1. The molecule has 0 fully saturated rings. The van der Waals surface area contributed by atoms with Gasteiger partial charge in [0.05, 0.1) is 6.21 Å². The minimum Gasteiger partial charge on any atom is -0.481 e. The molecule has 0 unspecified atom stereocenters. The Kier molecular flexibility index (Phi) is 5.25. The van der Waals surface area contributed by atoms with Crippen LogP contribution in [-0.2, 0) is 4.79 Å². The summed E-state index contributed by atoms with van der Waals surface area (Å²) in [5.41, 5.74) is 5.45. The zero-order valence-electron chi connectivity index (χ0n) is 12.5. The maximum Gasteiger partial charge on any atom is 0.277 e. The van der Waals surface area contributed by atoms with Gasteiger partial charge in [-0.05, 0) is 37.1 Å². The van der Waals surface area contributed by atoms with Crippen molar-refractivity contribution in [3.8, 4) is 5.75 Å². The van der Waals surface area contributed by atoms with Crippen molar-refractivity contribution in [3.63, 3.8) is 0 Å². The van der Waals surface area contributed by atoms with E-state index in [1.807, 2.05) is 32.0 Å². The second-order valence-electron chi connectivity index (χ2n) is 4.87. The largest absolute Gasteiger partial charge is 0.481 e. The molecule has 0 aliphatic carbocycles. The molecule has 1 N–H and O–H groups in total. The molecule has 22 heavy (non-hydrogen) atoms. The standard InChI is InChI=1S/C17H17FN2O2/c1-12-7-8-13(2)14(9-12)10-19-20-17(21)11-22-16-6-4-3-5-15(16)18/h3-10H,11H2,1-2H3,(H,20,21)/b19-10-. The summed E-state index contributed by atoms with van der Waals surface area (Å²) in [7, 11) is 0. The van der Waals surface area contributed by atoms with Crippen LogP contribution in [0, 0.1) is 19.7 Å². The molecule has 0 saturated heterocycles. The first kappa shape index (κ1) is 15.7. The molecular weight excluding hydrogens is 283 g/mol. The lowest BCUT2D eigenvalue weighted by molar-refractivity contribution is -0.123. The molecule has 0 aromatic heterocycles. The Balaban J connectivity index is 1.86. The molecule has 0 aliphatic rings. The van der Waals surface area contributed by atoms with Gasteiger partial charge < -0.3 is 4.74 Å². The van der Waals surface area contributed by atoms with Crippen molar-refractivity contribution in [1.29, 1.82) is 0 Å². The summed E-state index contributed by atoms with van der Waals surface area (Å²) in [6, 6.07) is 11.9. The van der Waals surface area contributed by atoms with Gasteiger partial charge in [0, 0.05) is 0 Å². The Labute approximate surface area is 128 Å². The number of rotatable bonds is 5. The number of benzene rings is 2. The fraction of sp³-hybridized carbons (Fsp3) is 0.176. The van der Waals surface area contributed by atoms with Crippen molar-refractivity contribution in [2.75, 3.05) is 6.61 Å². The highest BCUT2D eigenvalue weighted by atomic mass is 19.1. The SMILES string of the molecule is Cc1ccc(C)c(/C=N\NC(=O)COc2ccccc2F)c1. The predicted molar refractivity (Wildman–Crippen MR) is 83.5 cm³/mol. The van der Waals surface area contributed by atoms with Gasteiger partial charge in [-0.25, -0.2) is 9.82 Å². The van der Waals surface area contributed by atoms with Crippen molar-refractivity contribution < 1.29 is 13.9 Å². The first-order chi connectivity index (χ1) is 10.6. The summed E-state index contributed by atoms with van der Waals surface area (Å²) >= 11 is 0. The number of aryl methyl sites for hydroxylation is 2. The first-order valence-corrected chi connectivity index (χ1v) is 6.83. The quantitative estimate of drug-likeness (QED) is 0.682. The second-order valence-corrected chi connectivity index (χ2v) is 4.87. The lowest BCUT2D eigenvalue weighted by Gasteiger charge is -2.05. The molecular formula is C17H17FN2O2. The summed E-state index contributed by atoms with van der Waals surface area (Å²) in [5, 5.41) is 3.88. The van der Waals surface area contributed by atoms with Crippen molar-refractivity contribution >= 4 is 12.1 Å². The van der Waals surface area contributed by atoms with Crippen molar-refractivity contribution in [3.05, 3.63) is 65.0 Å². The third-order valence-corrected chi connectivity index (χ3v) is 3.02. The minimum atomic E-state index is -0.505. The Morgan fingerprint density at radius 2 is 2.05 bits per heavy atom. The normalized spacial score (nSPS) is 10.7. The van der Waals surface area contributed by atoms with Crippen LogP contribution in [0.2, 0.25) is 0 Å². The topological polar surface area (TPSA) is 50.7 Å². The summed E-state index contributed by atoms with van der Waals surface area (Å²) in [6.07, 6.45) is 1.57. The number of hydrogen-bond donors (Lipinski definition) is 1. The number of carbonyl (C=O) groups excluding carboxylic acids is 1. The highest BCUT2D eigenvalue weighted by molar-refractivity contribution is 5.84. The molecule has 0 bridgehead atoms. The molecule has 0 atom stereocenters. The smallest absolute Gasteiger partial charge is 0.277 e. The van der Waals surface area contributed by atoms with Crippen LogP contribution in [0.4, 0.5) is 4.39 Å². The summed E-state index contributed by atoms with van der Waals surface area (Å²) in [4.78, 5) is 11.6. The Morgan fingerprint density at radius 1 is 1.27 bits per heavy atom. The van der Waals surface area contributed by atoms with Crippen LogP contribution < -0.4 is 10.2 Å². The van der Waals surface area contributed by atoms with E-state index in [1.165, 1.54) is 12.1 Å². The lowest BCUT2D eigenvalue weighted by atomic mass is 10.1. The van der Waals surface area contributed by atoms with Crippen molar-refractivity contribution in [2.45, 2.75) is 13.8 Å². The van der Waals surface area contributed by atoms with Crippen LogP contribution in [0.3, 0.4) is 0 Å². The van der Waals surface area contributed by atoms with Crippen molar-refractivity contribution in [1.82, 2.24) is 5.43 Å². The fourth-order valence-corrected chi connectivity index (χ4v) is 1.81. The van der Waals surface area contributed by atoms with E-state index in [0.29, 0.717) is 0 Å². The number of halogens is 1. The molecule has 2 aromatic rings. The Morgan fingerprint density at radius 3 is 2.82 bits per heavy atom. The van der Waals surface area contributed by atoms with Crippen LogP contribution in [-0.4, -0.2) is 18.7 Å². The third kappa shape index (κ3) is 4.41. The van der Waals surface area contributed by atoms with E-state index in [4.69, 9.17) is 4.74 Å². The Bertz CT molecular complexity index is 699. The van der Waals surface area contributed by atoms with Gasteiger partial charge in [0.1, 0.15) is 0 Å². The maximum absolute atomic E-state index is 13.3. The van der Waals surface area contributed by atoms with Gasteiger partial charge in [0.2, 0.25) is 0 Å². The fourth-order valence-electron chi connectivity index (χ4n) is 1.81. The van der Waals surface area contributed by atoms with Gasteiger partial charge in [-0.3, -0.25) is 4.79 Å². The van der Waals surface area contributed by atoms with E-state index >= 15 is 0 Å². The van der Waals surface area contributed by atoms with Gasteiger partial charge in [0.25, 0.3) is 5.91 Å². The Hall–Kier alpha value is -2.69. The molecule has 0 spiro atoms. The van der Waals surface area contributed by atoms with E-state index in [2.05, 4.69) is 10.5 Å². The van der Waals surface area contributed by atoms with E-state index < -0.39 is 11.7 Å². The highest BCUT2D eigenvalue weighted by Gasteiger charge is 2.05. The van der Waals surface area contributed by atoms with Crippen molar-refractivity contribution in [2.24, 2.45) is 5.10 Å². The highest BCUT2D eigenvalue weighted by Crippen LogP contribution is 2.14. The number of hydrogen-bond acceptors (Lipinski definition) is 3. The number of para-hydroxylation sites is 1. The average molecular weight is 300 g/mol. The molecule has 4 nitrogen and oxygen atoms in total. The summed E-state index contributed by atoms with van der Waals surface area (Å²) in [6.45, 7) is 3.65. The number of hydrazone groups is 1. The molecule has 0 radical (unpaired) electrons. The molecule has 0 aliphatic heterocycles. The van der Waals surface area contributed by atoms with Gasteiger partial charge >= 0.3 is 0 Å². The number of nitrogens with zero attached hydrogens (tertiary/aromatic N) is 1. The van der Waals surface area contributed by atoms with Gasteiger partial charge in [-0.15, -0.1) is 0 Å². The van der Waals surface area contributed by atoms with E-state index in [9.17, 15) is 9.18 Å². The maximum atomic E-state index is 13.3.